The predicted octanol–water partition coefficient (Wildman–Crippen LogP) is 3.07. The van der Waals surface area contributed by atoms with Crippen molar-refractivity contribution in [1.82, 2.24) is 4.98 Å². The molecule has 0 amide bonds. The van der Waals surface area contributed by atoms with E-state index in [4.69, 9.17) is 0 Å². The largest absolute Gasteiger partial charge is 0.393 e. The van der Waals surface area contributed by atoms with Gasteiger partial charge in [-0.2, -0.15) is 5.26 Å². The standard InChI is InChI=1S/C17H19N3O/c18-9-13-11-19-16-7-2-1-6-15(16)17(13)20-10-12-4-3-5-14(21)8-12/h1-2,6-7,11-12,14,21H,3-5,8,10H2,(H,19,20). The van der Waals surface area contributed by atoms with Gasteiger partial charge in [0.2, 0.25) is 0 Å². The van der Waals surface area contributed by atoms with Crippen LogP contribution < -0.4 is 5.32 Å². The quantitative estimate of drug-likeness (QED) is 0.907. The number of hydrogen-bond donors (Lipinski definition) is 2. The van der Waals surface area contributed by atoms with Gasteiger partial charge in [-0.3, -0.25) is 4.98 Å². The van der Waals surface area contributed by atoms with E-state index in [9.17, 15) is 10.4 Å². The van der Waals surface area contributed by atoms with Crippen molar-refractivity contribution in [2.24, 2.45) is 5.92 Å². The zero-order valence-electron chi connectivity index (χ0n) is 11.9. The first-order valence-electron chi connectivity index (χ1n) is 7.47. The second kappa shape index (κ2) is 6.11. The maximum absolute atomic E-state index is 9.76. The molecule has 108 valence electrons. The maximum Gasteiger partial charge on any atom is 0.103 e. The maximum atomic E-state index is 9.76. The first-order chi connectivity index (χ1) is 10.3. The Bertz CT molecular complexity index is 677. The summed E-state index contributed by atoms with van der Waals surface area (Å²) in [6.07, 6.45) is 5.43. The minimum atomic E-state index is -0.171. The summed E-state index contributed by atoms with van der Waals surface area (Å²) < 4.78 is 0. The molecule has 2 aromatic rings. The highest BCUT2D eigenvalue weighted by molar-refractivity contribution is 5.93. The Morgan fingerprint density at radius 2 is 2.19 bits per heavy atom. The fourth-order valence-corrected chi connectivity index (χ4v) is 3.11. The van der Waals surface area contributed by atoms with Crippen molar-refractivity contribution < 1.29 is 5.11 Å². The van der Waals surface area contributed by atoms with Crippen LogP contribution in [0.1, 0.15) is 31.2 Å². The van der Waals surface area contributed by atoms with Gasteiger partial charge in [-0.15, -0.1) is 0 Å². The summed E-state index contributed by atoms with van der Waals surface area (Å²) in [5.74, 6) is 0.465. The molecule has 4 heteroatoms. The first kappa shape index (κ1) is 13.8. The van der Waals surface area contributed by atoms with E-state index in [0.29, 0.717) is 11.5 Å². The molecule has 4 nitrogen and oxygen atoms in total. The number of benzene rings is 1. The SMILES string of the molecule is N#Cc1cnc2ccccc2c1NCC1CCCC(O)C1. The molecule has 1 aromatic heterocycles. The number of para-hydroxylation sites is 1. The smallest absolute Gasteiger partial charge is 0.103 e. The van der Waals surface area contributed by atoms with E-state index in [2.05, 4.69) is 16.4 Å². The minimum Gasteiger partial charge on any atom is -0.393 e. The van der Waals surface area contributed by atoms with Gasteiger partial charge in [0.1, 0.15) is 6.07 Å². The second-order valence-electron chi connectivity index (χ2n) is 5.74. The van der Waals surface area contributed by atoms with Crippen LogP contribution >= 0.6 is 0 Å². The number of nitrogens with zero attached hydrogens (tertiary/aromatic N) is 2. The third kappa shape index (κ3) is 2.98. The van der Waals surface area contributed by atoms with Crippen molar-refractivity contribution in [3.05, 3.63) is 36.0 Å². The second-order valence-corrected chi connectivity index (χ2v) is 5.74. The minimum absolute atomic E-state index is 0.171. The van der Waals surface area contributed by atoms with Crippen LogP contribution in [0.4, 0.5) is 5.69 Å². The summed E-state index contributed by atoms with van der Waals surface area (Å²) in [7, 11) is 0. The van der Waals surface area contributed by atoms with E-state index in [1.165, 1.54) is 0 Å². The third-order valence-electron chi connectivity index (χ3n) is 4.22. The molecular weight excluding hydrogens is 262 g/mol. The van der Waals surface area contributed by atoms with Crippen molar-refractivity contribution >= 4 is 16.6 Å². The molecule has 0 spiro atoms. The van der Waals surface area contributed by atoms with E-state index in [1.54, 1.807) is 6.20 Å². The molecule has 1 aliphatic rings. The fourth-order valence-electron chi connectivity index (χ4n) is 3.11. The van der Waals surface area contributed by atoms with Crippen LogP contribution in [0.3, 0.4) is 0 Å². The van der Waals surface area contributed by atoms with Gasteiger partial charge in [-0.1, -0.05) is 24.6 Å². The number of nitriles is 1. The van der Waals surface area contributed by atoms with E-state index < -0.39 is 0 Å². The van der Waals surface area contributed by atoms with Crippen molar-refractivity contribution in [3.63, 3.8) is 0 Å². The highest BCUT2D eigenvalue weighted by Crippen LogP contribution is 2.28. The van der Waals surface area contributed by atoms with Crippen LogP contribution in [0.5, 0.6) is 0 Å². The molecule has 1 saturated carbocycles. The van der Waals surface area contributed by atoms with Gasteiger partial charge in [-0.25, -0.2) is 0 Å². The van der Waals surface area contributed by atoms with E-state index in [-0.39, 0.29) is 6.10 Å². The molecule has 1 heterocycles. The molecule has 0 saturated heterocycles. The summed E-state index contributed by atoms with van der Waals surface area (Å²) in [4.78, 5) is 4.32. The molecular formula is C17H19N3O. The van der Waals surface area contributed by atoms with Crippen LogP contribution in [-0.2, 0) is 0 Å². The summed E-state index contributed by atoms with van der Waals surface area (Å²) in [5.41, 5.74) is 2.33. The number of aliphatic hydroxyl groups excluding tert-OH is 1. The van der Waals surface area contributed by atoms with Gasteiger partial charge < -0.3 is 10.4 Å². The Morgan fingerprint density at radius 1 is 1.33 bits per heavy atom. The van der Waals surface area contributed by atoms with E-state index in [1.807, 2.05) is 24.3 Å². The number of rotatable bonds is 3. The molecule has 0 bridgehead atoms. The number of hydrogen-bond acceptors (Lipinski definition) is 4. The van der Waals surface area contributed by atoms with Crippen LogP contribution in [0.25, 0.3) is 10.9 Å². The number of aromatic nitrogens is 1. The molecule has 2 N–H and O–H groups in total. The van der Waals surface area contributed by atoms with Crippen molar-refractivity contribution in [3.8, 4) is 6.07 Å². The van der Waals surface area contributed by atoms with Crippen molar-refractivity contribution in [2.75, 3.05) is 11.9 Å². The summed E-state index contributed by atoms with van der Waals surface area (Å²) in [6, 6.07) is 10.1. The Labute approximate surface area is 124 Å². The lowest BCUT2D eigenvalue weighted by molar-refractivity contribution is 0.105. The highest BCUT2D eigenvalue weighted by atomic mass is 16.3. The number of fused-ring (bicyclic) bond motifs is 1. The zero-order valence-corrected chi connectivity index (χ0v) is 11.9. The summed E-state index contributed by atoms with van der Waals surface area (Å²) in [5, 5.41) is 23.4. The Hall–Kier alpha value is -2.12. The van der Waals surface area contributed by atoms with Crippen molar-refractivity contribution in [1.29, 1.82) is 5.26 Å². The average Bonchev–Trinajstić information content (AvgIpc) is 2.52. The Balaban J connectivity index is 1.84. The van der Waals surface area contributed by atoms with Gasteiger partial charge in [0.05, 0.1) is 22.9 Å². The van der Waals surface area contributed by atoms with Crippen molar-refractivity contribution in [2.45, 2.75) is 31.8 Å². The molecule has 1 aliphatic carbocycles. The van der Waals surface area contributed by atoms with Gasteiger partial charge in [0.25, 0.3) is 0 Å². The normalized spacial score (nSPS) is 21.9. The zero-order chi connectivity index (χ0) is 14.7. The topological polar surface area (TPSA) is 68.9 Å². The van der Waals surface area contributed by atoms with Crippen LogP contribution in [0, 0.1) is 17.2 Å². The van der Waals surface area contributed by atoms with E-state index >= 15 is 0 Å². The van der Waals surface area contributed by atoms with Gasteiger partial charge in [-0.05, 0) is 31.2 Å². The first-order valence-corrected chi connectivity index (χ1v) is 7.47. The predicted molar refractivity (Wildman–Crippen MR) is 82.9 cm³/mol. The molecule has 1 fully saturated rings. The summed E-state index contributed by atoms with van der Waals surface area (Å²) in [6.45, 7) is 0.791. The highest BCUT2D eigenvalue weighted by Gasteiger charge is 2.20. The van der Waals surface area contributed by atoms with Crippen LogP contribution in [0.15, 0.2) is 30.5 Å². The molecule has 0 aliphatic heterocycles. The van der Waals surface area contributed by atoms with Gasteiger partial charge in [0, 0.05) is 18.1 Å². The number of pyridine rings is 1. The average molecular weight is 281 g/mol. The number of anilines is 1. The molecule has 21 heavy (non-hydrogen) atoms. The number of nitrogens with one attached hydrogen (secondary N) is 1. The lowest BCUT2D eigenvalue weighted by Gasteiger charge is -2.26. The fraction of sp³-hybridized carbons (Fsp3) is 0.412. The Morgan fingerprint density at radius 3 is 3.00 bits per heavy atom. The molecule has 1 aromatic carbocycles. The summed E-state index contributed by atoms with van der Waals surface area (Å²) >= 11 is 0. The lowest BCUT2D eigenvalue weighted by Crippen LogP contribution is -2.25. The third-order valence-corrected chi connectivity index (χ3v) is 4.22. The Kier molecular flexibility index (Phi) is 4.03. The van der Waals surface area contributed by atoms with Gasteiger partial charge in [0.15, 0.2) is 0 Å². The lowest BCUT2D eigenvalue weighted by atomic mass is 9.87. The molecule has 0 radical (unpaired) electrons. The van der Waals surface area contributed by atoms with Crippen LogP contribution in [0.2, 0.25) is 0 Å². The monoisotopic (exact) mass is 281 g/mol. The molecule has 3 rings (SSSR count). The van der Waals surface area contributed by atoms with E-state index in [0.717, 1.165) is 48.8 Å². The molecule has 2 unspecified atom stereocenters. The number of aliphatic hydroxyl groups is 1. The van der Waals surface area contributed by atoms with Gasteiger partial charge >= 0.3 is 0 Å². The van der Waals surface area contributed by atoms with Crippen LogP contribution in [-0.4, -0.2) is 22.7 Å². The molecule has 2 atom stereocenters.